The molecule has 6 nitrogen and oxygen atoms in total. The van der Waals surface area contributed by atoms with Gasteiger partial charge in [-0.05, 0) is 24.1 Å². The van der Waals surface area contributed by atoms with Gasteiger partial charge in [-0.2, -0.15) is 0 Å². The van der Waals surface area contributed by atoms with Gasteiger partial charge >= 0.3 is 0 Å². The van der Waals surface area contributed by atoms with Gasteiger partial charge in [-0.25, -0.2) is 9.97 Å². The zero-order valence-corrected chi connectivity index (χ0v) is 16.0. The molecular weight excluding hydrogens is 364 g/mol. The summed E-state index contributed by atoms with van der Waals surface area (Å²) in [4.78, 5) is 23.1. The lowest BCUT2D eigenvalue weighted by molar-refractivity contribution is -0.127. The maximum Gasteiger partial charge on any atom is 0.223 e. The van der Waals surface area contributed by atoms with Crippen molar-refractivity contribution in [1.82, 2.24) is 14.9 Å². The number of nitrogens with zero attached hydrogens (tertiary/aromatic N) is 3. The minimum absolute atomic E-state index is 0.226. The second-order valence-electron chi connectivity index (χ2n) is 7.52. The molecule has 1 aliphatic heterocycles. The van der Waals surface area contributed by atoms with Gasteiger partial charge < -0.3 is 14.6 Å². The fourth-order valence-corrected chi connectivity index (χ4v) is 4.01. The first kappa shape index (κ1) is 17.7. The molecular formula is C23H22N4O2. The summed E-state index contributed by atoms with van der Waals surface area (Å²) >= 11 is 0. The third-order valence-corrected chi connectivity index (χ3v) is 5.52. The van der Waals surface area contributed by atoms with Crippen LogP contribution in [-0.4, -0.2) is 40.4 Å². The summed E-state index contributed by atoms with van der Waals surface area (Å²) < 4.78 is 5.96. The number of hydrogen-bond donors (Lipinski definition) is 1. The maximum atomic E-state index is 12.4. The summed E-state index contributed by atoms with van der Waals surface area (Å²) in [5, 5.41) is 4.36. The number of likely N-dealkylation sites (tertiary alicyclic amines) is 1. The zero-order chi connectivity index (χ0) is 19.6. The van der Waals surface area contributed by atoms with E-state index in [1.54, 1.807) is 6.33 Å². The van der Waals surface area contributed by atoms with Crippen molar-refractivity contribution >= 4 is 33.8 Å². The summed E-state index contributed by atoms with van der Waals surface area (Å²) in [5.74, 6) is 1.17. The highest BCUT2D eigenvalue weighted by molar-refractivity contribution is 6.05. The van der Waals surface area contributed by atoms with E-state index in [1.807, 2.05) is 47.4 Å². The third kappa shape index (κ3) is 3.53. The number of anilines is 1. The number of aromatic nitrogens is 2. The van der Waals surface area contributed by atoms with Gasteiger partial charge in [-0.15, -0.1) is 0 Å². The minimum atomic E-state index is 0.226. The fourth-order valence-electron chi connectivity index (χ4n) is 4.01. The molecule has 146 valence electrons. The highest BCUT2D eigenvalue weighted by Gasteiger charge is 2.29. The number of furan rings is 1. The Labute approximate surface area is 168 Å². The first-order chi connectivity index (χ1) is 14.3. The van der Waals surface area contributed by atoms with Gasteiger partial charge in [0.25, 0.3) is 0 Å². The van der Waals surface area contributed by atoms with Gasteiger partial charge in [0.2, 0.25) is 5.91 Å². The van der Waals surface area contributed by atoms with Crippen molar-refractivity contribution in [2.24, 2.45) is 5.92 Å². The van der Waals surface area contributed by atoms with Crippen molar-refractivity contribution in [2.75, 3.05) is 25.0 Å². The number of carbonyl (C=O) groups is 1. The highest BCUT2D eigenvalue weighted by atomic mass is 16.3. The van der Waals surface area contributed by atoms with Crippen LogP contribution in [0.1, 0.15) is 12.0 Å². The molecule has 1 aliphatic rings. The number of hydrogen-bond acceptors (Lipinski definition) is 5. The zero-order valence-electron chi connectivity index (χ0n) is 16.0. The Morgan fingerprint density at radius 2 is 1.90 bits per heavy atom. The second-order valence-corrected chi connectivity index (χ2v) is 7.52. The normalized spacial score (nSPS) is 16.8. The quantitative estimate of drug-likeness (QED) is 0.545. The predicted octanol–water partition coefficient (Wildman–Crippen LogP) is 3.88. The average molecular weight is 386 g/mol. The third-order valence-electron chi connectivity index (χ3n) is 5.52. The van der Waals surface area contributed by atoms with Crippen LogP contribution in [0.25, 0.3) is 22.1 Å². The summed E-state index contributed by atoms with van der Waals surface area (Å²) in [7, 11) is 0. The molecule has 0 bridgehead atoms. The molecule has 1 fully saturated rings. The van der Waals surface area contributed by atoms with Crippen LogP contribution < -0.4 is 5.32 Å². The van der Waals surface area contributed by atoms with Crippen molar-refractivity contribution < 1.29 is 9.21 Å². The summed E-state index contributed by atoms with van der Waals surface area (Å²) in [6, 6.07) is 18.1. The molecule has 0 spiro atoms. The second kappa shape index (κ2) is 7.54. The molecule has 1 atom stereocenters. The molecule has 1 amide bonds. The summed E-state index contributed by atoms with van der Waals surface area (Å²) in [6.07, 6.45) is 3.01. The molecule has 2 aromatic heterocycles. The number of amides is 1. The lowest BCUT2D eigenvalue weighted by Crippen LogP contribution is -2.28. The predicted molar refractivity (Wildman–Crippen MR) is 113 cm³/mol. The van der Waals surface area contributed by atoms with Gasteiger partial charge in [0, 0.05) is 37.4 Å². The Balaban J connectivity index is 1.24. The monoisotopic (exact) mass is 386 g/mol. The summed E-state index contributed by atoms with van der Waals surface area (Å²) in [5.41, 5.74) is 3.54. The molecule has 1 N–H and O–H groups in total. The van der Waals surface area contributed by atoms with Crippen molar-refractivity contribution in [1.29, 1.82) is 0 Å². The molecule has 1 saturated heterocycles. The van der Waals surface area contributed by atoms with E-state index >= 15 is 0 Å². The highest BCUT2D eigenvalue weighted by Crippen LogP contribution is 2.30. The van der Waals surface area contributed by atoms with Crippen LogP contribution >= 0.6 is 0 Å². The van der Waals surface area contributed by atoms with E-state index in [0.717, 1.165) is 36.0 Å². The molecule has 5 rings (SSSR count). The largest absolute Gasteiger partial charge is 0.450 e. The Bertz CT molecular complexity index is 1160. The molecule has 0 saturated carbocycles. The van der Waals surface area contributed by atoms with Gasteiger partial charge in [0.05, 0.1) is 0 Å². The van der Waals surface area contributed by atoms with Crippen LogP contribution in [0.2, 0.25) is 0 Å². The standard InChI is InChI=1S/C23H22N4O2/c28-20-12-17(14-27(20)11-10-16-6-2-1-3-7-16)13-24-23-22-21(25-15-26-23)18-8-4-5-9-19(18)29-22/h1-9,15,17H,10-14H2,(H,24,25,26). The molecule has 0 aliphatic carbocycles. The average Bonchev–Trinajstić information content (AvgIpc) is 3.32. The van der Waals surface area contributed by atoms with Crippen LogP contribution in [0, 0.1) is 5.92 Å². The maximum absolute atomic E-state index is 12.4. The number of rotatable bonds is 6. The van der Waals surface area contributed by atoms with Crippen LogP contribution in [0.3, 0.4) is 0 Å². The van der Waals surface area contributed by atoms with Crippen molar-refractivity contribution in [3.8, 4) is 0 Å². The lowest BCUT2D eigenvalue weighted by Gasteiger charge is -2.17. The number of nitrogens with one attached hydrogen (secondary N) is 1. The van der Waals surface area contributed by atoms with E-state index in [4.69, 9.17) is 4.42 Å². The van der Waals surface area contributed by atoms with Crippen molar-refractivity contribution in [3.63, 3.8) is 0 Å². The molecule has 1 unspecified atom stereocenters. The van der Waals surface area contributed by atoms with E-state index in [9.17, 15) is 4.79 Å². The first-order valence-corrected chi connectivity index (χ1v) is 9.96. The van der Waals surface area contributed by atoms with E-state index in [0.29, 0.717) is 24.4 Å². The first-order valence-electron chi connectivity index (χ1n) is 9.96. The molecule has 4 aromatic rings. The lowest BCUT2D eigenvalue weighted by atomic mass is 10.1. The minimum Gasteiger partial charge on any atom is -0.450 e. The number of benzene rings is 2. The van der Waals surface area contributed by atoms with E-state index in [1.165, 1.54) is 5.56 Å². The van der Waals surface area contributed by atoms with Gasteiger partial charge in [-0.1, -0.05) is 42.5 Å². The van der Waals surface area contributed by atoms with E-state index < -0.39 is 0 Å². The molecule has 3 heterocycles. The van der Waals surface area contributed by atoms with Crippen molar-refractivity contribution in [3.05, 3.63) is 66.5 Å². The Morgan fingerprint density at radius 3 is 2.79 bits per heavy atom. The van der Waals surface area contributed by atoms with Crippen molar-refractivity contribution in [2.45, 2.75) is 12.8 Å². The molecule has 6 heteroatoms. The van der Waals surface area contributed by atoms with Gasteiger partial charge in [-0.3, -0.25) is 4.79 Å². The van der Waals surface area contributed by atoms with Crippen LogP contribution in [-0.2, 0) is 11.2 Å². The van der Waals surface area contributed by atoms with Gasteiger partial charge in [0.1, 0.15) is 17.4 Å². The number of para-hydroxylation sites is 1. The topological polar surface area (TPSA) is 71.3 Å². The fraction of sp³-hybridized carbons (Fsp3) is 0.261. The number of fused-ring (bicyclic) bond motifs is 3. The molecule has 0 radical (unpaired) electrons. The van der Waals surface area contributed by atoms with Crippen LogP contribution in [0.5, 0.6) is 0 Å². The smallest absolute Gasteiger partial charge is 0.223 e. The van der Waals surface area contributed by atoms with Crippen LogP contribution in [0.4, 0.5) is 5.82 Å². The van der Waals surface area contributed by atoms with Gasteiger partial charge in [0.15, 0.2) is 11.4 Å². The Morgan fingerprint density at radius 1 is 1.07 bits per heavy atom. The SMILES string of the molecule is O=C1CC(CNc2ncnc3c2oc2ccccc23)CN1CCc1ccccc1. The number of carbonyl (C=O) groups excluding carboxylic acids is 1. The molecule has 2 aromatic carbocycles. The summed E-state index contributed by atoms with van der Waals surface area (Å²) in [6.45, 7) is 2.21. The van der Waals surface area contributed by atoms with Crippen LogP contribution in [0.15, 0.2) is 65.3 Å². The van der Waals surface area contributed by atoms with E-state index in [-0.39, 0.29) is 11.8 Å². The Kier molecular flexibility index (Phi) is 4.60. The Hall–Kier alpha value is -3.41. The van der Waals surface area contributed by atoms with E-state index in [2.05, 4.69) is 27.4 Å². The molecule has 29 heavy (non-hydrogen) atoms.